The van der Waals surface area contributed by atoms with E-state index in [1.54, 1.807) is 24.3 Å². The number of ether oxygens (including phenoxy) is 4. The summed E-state index contributed by atoms with van der Waals surface area (Å²) in [5.74, 6) is -1.97. The number of anilines is 2. The summed E-state index contributed by atoms with van der Waals surface area (Å²) in [6, 6.07) is 12.2. The first-order chi connectivity index (χ1) is 39.0. The smallest absolute Gasteiger partial charge is 0.453 e. The van der Waals surface area contributed by atoms with Gasteiger partial charge in [0.25, 0.3) is 11.1 Å². The maximum Gasteiger partial charge on any atom is 0.490 e. The Bertz CT molecular complexity index is 4000. The first kappa shape index (κ1) is 65.5. The number of hydrogen-bond acceptors (Lipinski definition) is 28. The zero-order chi connectivity index (χ0) is 62.1. The molecule has 4 unspecified atom stereocenters. The third kappa shape index (κ3) is 16.3. The van der Waals surface area contributed by atoms with Gasteiger partial charge in [-0.2, -0.15) is 17.2 Å². The van der Waals surface area contributed by atoms with Crippen molar-refractivity contribution in [3.63, 3.8) is 0 Å². The summed E-state index contributed by atoms with van der Waals surface area (Å²) in [6.45, 7) is -2.21. The summed E-state index contributed by atoms with van der Waals surface area (Å²) in [4.78, 5) is 163. The lowest BCUT2D eigenvalue weighted by Gasteiger charge is -2.22. The lowest BCUT2D eigenvalue weighted by Crippen LogP contribution is -2.38. The highest BCUT2D eigenvalue weighted by Gasteiger charge is 2.52. The van der Waals surface area contributed by atoms with Crippen molar-refractivity contribution in [1.82, 2.24) is 39.0 Å². The predicted octanol–water partition coefficient (Wildman–Crippen LogP) is -1.44. The molecule has 2 aliphatic rings. The van der Waals surface area contributed by atoms with Gasteiger partial charge in [0, 0.05) is 25.5 Å². The van der Waals surface area contributed by atoms with Crippen molar-refractivity contribution >= 4 is 92.6 Å². The number of hydrogen-bond donors (Lipinski definition) is 16. The molecule has 0 radical (unpaired) electrons. The van der Waals surface area contributed by atoms with E-state index >= 15 is 0 Å². The average molecular weight is 1310 g/mol. The van der Waals surface area contributed by atoms with Gasteiger partial charge in [-0.3, -0.25) is 47.7 Å². The number of phosphoric ester groups is 2. The highest BCUT2D eigenvalue weighted by molar-refractivity contribution is 7.67. The molecule has 16 N–H and O–H groups in total. The molecule has 0 bridgehead atoms. The predicted molar refractivity (Wildman–Crippen MR) is 272 cm³/mol. The molecule has 6 heterocycles. The number of H-pyrrole nitrogens is 4. The van der Waals surface area contributed by atoms with Crippen molar-refractivity contribution in [3.05, 3.63) is 114 Å². The fourth-order valence-corrected chi connectivity index (χ4v) is 13.9. The van der Waals surface area contributed by atoms with Crippen LogP contribution in [-0.4, -0.2) is 164 Å². The lowest BCUT2D eigenvalue weighted by molar-refractivity contribution is -0.0558. The van der Waals surface area contributed by atoms with Crippen LogP contribution in [0.2, 0.25) is 0 Å². The number of fused-ring (bicyclic) bond motifs is 2. The number of aliphatic hydroxyl groups excluding tert-OH is 2. The van der Waals surface area contributed by atoms with Crippen LogP contribution in [0.5, 0.6) is 0 Å². The number of aromatic amines is 4. The summed E-state index contributed by atoms with van der Waals surface area (Å²) in [5.41, 5.74) is -3.88. The van der Waals surface area contributed by atoms with Gasteiger partial charge in [0.05, 0.1) is 37.0 Å². The normalized spacial score (nSPS) is 23.8. The van der Waals surface area contributed by atoms with Gasteiger partial charge in [-0.1, -0.05) is 24.3 Å². The van der Waals surface area contributed by atoms with Crippen LogP contribution in [0.3, 0.4) is 0 Å². The number of para-hydroxylation sites is 2. The number of rotatable bonds is 22. The summed E-state index contributed by atoms with van der Waals surface area (Å²) >= 11 is 0. The van der Waals surface area contributed by atoms with E-state index in [4.69, 9.17) is 38.5 Å². The molecule has 48 heteroatoms. The molecule has 2 saturated heterocycles. The fraction of sp³-hybridized carbons (Fsp3) is 0.333. The topological polar surface area (TPSA) is 622 Å². The van der Waals surface area contributed by atoms with E-state index in [-0.39, 0.29) is 33.5 Å². The highest BCUT2D eigenvalue weighted by Crippen LogP contribution is 2.67. The number of aromatic nitrogens is 8. The van der Waals surface area contributed by atoms with E-state index in [1.165, 1.54) is 38.4 Å². The Labute approximate surface area is 463 Å². The van der Waals surface area contributed by atoms with Crippen LogP contribution in [0.15, 0.2) is 80.4 Å². The molecule has 42 nitrogen and oxygen atoms in total. The summed E-state index contributed by atoms with van der Waals surface area (Å²) in [5, 5.41) is 27.6. The maximum absolute atomic E-state index is 13.1. The largest absolute Gasteiger partial charge is 0.490 e. The van der Waals surface area contributed by atoms with E-state index in [0.29, 0.717) is 11.4 Å². The van der Waals surface area contributed by atoms with Gasteiger partial charge in [0.15, 0.2) is 35.7 Å². The zero-order valence-corrected chi connectivity index (χ0v) is 47.1. The second kappa shape index (κ2) is 25.5. The quantitative estimate of drug-likeness (QED) is 0.0273. The Morgan fingerprint density at radius 2 is 0.940 bits per heavy atom. The molecule has 2 aromatic carbocycles. The monoisotopic (exact) mass is 1310 g/mol. The van der Waals surface area contributed by atoms with Crippen molar-refractivity contribution in [3.8, 4) is 0 Å². The number of esters is 2. The van der Waals surface area contributed by atoms with E-state index in [9.17, 15) is 85.9 Å². The van der Waals surface area contributed by atoms with Crippen LogP contribution < -0.4 is 33.1 Å². The molecule has 2 fully saturated rings. The van der Waals surface area contributed by atoms with Gasteiger partial charge >= 0.3 is 70.3 Å². The minimum absolute atomic E-state index is 0.00577. The van der Waals surface area contributed by atoms with Gasteiger partial charge in [-0.25, -0.2) is 56.5 Å². The van der Waals surface area contributed by atoms with Crippen molar-refractivity contribution < 1.29 is 132 Å². The maximum atomic E-state index is 13.1. The lowest BCUT2D eigenvalue weighted by atomic mass is 10.1. The Hall–Kier alpha value is -6.06. The van der Waals surface area contributed by atoms with Gasteiger partial charge in [-0.05, 0) is 24.3 Å². The Balaban J connectivity index is 0.000000241. The number of carbonyl (C=O) groups is 2. The minimum Gasteiger partial charge on any atom is -0.453 e. The third-order valence-electron chi connectivity index (χ3n) is 11.1. The number of carbonyl (C=O) groups excluding carboxylic acids is 2. The molecule has 84 heavy (non-hydrogen) atoms. The Kier molecular flexibility index (Phi) is 19.9. The zero-order valence-electron chi connectivity index (χ0n) is 41.7. The molecule has 2 aliphatic heterocycles. The number of aliphatic hydroxyl groups is 2. The molecule has 460 valence electrons. The molecular weight excluding hydrogens is 1270 g/mol. The molecule has 6 aromatic rings. The van der Waals surface area contributed by atoms with Crippen molar-refractivity contribution in [2.75, 3.05) is 37.9 Å². The molecule has 4 aromatic heterocycles. The minimum atomic E-state index is -5.85. The summed E-state index contributed by atoms with van der Waals surface area (Å²) in [6.07, 6.45) is -11.5. The van der Waals surface area contributed by atoms with Crippen LogP contribution >= 0.6 is 46.9 Å². The summed E-state index contributed by atoms with van der Waals surface area (Å²) in [7, 11) is -31.2. The van der Waals surface area contributed by atoms with Crippen LogP contribution in [-0.2, 0) is 72.6 Å². The Morgan fingerprint density at radius 3 is 1.37 bits per heavy atom. The van der Waals surface area contributed by atoms with Crippen molar-refractivity contribution in [2.24, 2.45) is 0 Å². The number of imidazole rings is 2. The van der Waals surface area contributed by atoms with Gasteiger partial charge < -0.3 is 78.9 Å². The van der Waals surface area contributed by atoms with Crippen LogP contribution in [0.4, 0.5) is 11.4 Å². The molecule has 0 saturated carbocycles. The molecular formula is C36H44N10O32P6. The van der Waals surface area contributed by atoms with Gasteiger partial charge in [0.2, 0.25) is 0 Å². The van der Waals surface area contributed by atoms with Gasteiger partial charge in [0.1, 0.15) is 35.7 Å². The Morgan fingerprint density at radius 1 is 0.548 bits per heavy atom. The van der Waals surface area contributed by atoms with E-state index in [1.807, 2.05) is 9.97 Å². The first-order valence-electron chi connectivity index (χ1n) is 22.6. The van der Waals surface area contributed by atoms with Crippen molar-refractivity contribution in [1.29, 1.82) is 0 Å². The SMILES string of the molecule is CNc1ccccc1C(=O)O[C@@H]1[C@H](O)[C@@H](COP(=O)(O)OP(=O)(O)OP(=O)(O)O)O[C@H]1n1cnc2c(=O)[nH]c(=O)[nH]c21.CNc1ccccc1C(=O)O[C@H]1[C@@H](O)[C@H](n2cnc3c(=O)[nH]c(=O)[nH]c32)O[C@@H]1COP(=O)(O)OP(=O)(O)OP(=O)(O)O. The molecule has 0 spiro atoms. The van der Waals surface area contributed by atoms with Crippen LogP contribution in [0.25, 0.3) is 22.3 Å². The molecule has 0 amide bonds. The first-order valence-corrected chi connectivity index (χ1v) is 31.6. The van der Waals surface area contributed by atoms with Crippen LogP contribution in [0, 0.1) is 0 Å². The molecule has 12 atom stereocenters. The van der Waals surface area contributed by atoms with Crippen LogP contribution in [0.1, 0.15) is 33.2 Å². The standard InChI is InChI=1S/2C18H22N5O16P3/c1-19-9-5-3-2-4-8(9)17(26)37-13-10(6-35-41(31,32)39-42(33,34)38-40(28,29)30)36-16(12(13)24)23-7-20-11-14(23)21-18(27)22-15(11)25;1-19-9-5-3-2-4-8(9)17(26)37-13-12(24)10(6-35-41(31,32)39-42(33,34)38-40(28,29)30)36-16(13)23-7-20-11-14(23)21-18(27)22-15(11)25/h2*2-5,7,10,12-13,16,19,24H,6H2,1H3,(H,31,32)(H,33,34)(H2,28,29,30)(H2,21,22,25,27)/t2*10-,12-,13-,16-/m11/s1. The van der Waals surface area contributed by atoms with E-state index < -0.39 is 144 Å². The van der Waals surface area contributed by atoms with E-state index in [2.05, 4.69) is 56.9 Å². The number of nitrogens with one attached hydrogen (secondary N) is 6. The third-order valence-corrected chi connectivity index (χ3v) is 18.7. The summed E-state index contributed by atoms with van der Waals surface area (Å²) < 4.78 is 117. The fourth-order valence-electron chi connectivity index (χ4n) is 7.80. The molecule has 8 rings (SSSR count). The highest BCUT2D eigenvalue weighted by atomic mass is 31.3. The molecule has 0 aliphatic carbocycles. The number of nitrogens with zero attached hydrogens (tertiary/aromatic N) is 4. The average Bonchev–Trinajstić information content (AvgIpc) is 2.32. The van der Waals surface area contributed by atoms with Gasteiger partial charge in [-0.15, -0.1) is 0 Å². The number of benzene rings is 2. The number of phosphoric acid groups is 6. The van der Waals surface area contributed by atoms with E-state index in [0.717, 1.165) is 21.8 Å². The second-order valence-electron chi connectivity index (χ2n) is 16.7. The second-order valence-corrected chi connectivity index (χ2v) is 25.6. The van der Waals surface area contributed by atoms with Crippen molar-refractivity contribution in [2.45, 2.75) is 49.1 Å².